The van der Waals surface area contributed by atoms with Crippen LogP contribution in [0.1, 0.15) is 12.8 Å². The lowest BCUT2D eigenvalue weighted by atomic mass is 10.3. The Hall–Kier alpha value is -1.56. The van der Waals surface area contributed by atoms with Crippen molar-refractivity contribution in [2.24, 2.45) is 0 Å². The second-order valence-corrected chi connectivity index (χ2v) is 7.51. The van der Waals surface area contributed by atoms with E-state index in [-0.39, 0.29) is 15.8 Å². The summed E-state index contributed by atoms with van der Waals surface area (Å²) in [6.45, 7) is 0.662. The van der Waals surface area contributed by atoms with Gasteiger partial charge in [0.05, 0.1) is 11.6 Å². The fraction of sp³-hybridized carbons (Fsp3) is 0.400. The molecule has 0 spiro atoms. The highest BCUT2D eigenvalue weighted by Crippen LogP contribution is 2.26. The van der Waals surface area contributed by atoms with Crippen LogP contribution >= 0.6 is 22.9 Å². The molecule has 12 heteroatoms. The monoisotopic (exact) mass is 365 g/mol. The van der Waals surface area contributed by atoms with Crippen LogP contribution in [0.25, 0.3) is 0 Å². The van der Waals surface area contributed by atoms with E-state index in [9.17, 15) is 18.5 Å². The van der Waals surface area contributed by atoms with Crippen molar-refractivity contribution in [2.45, 2.75) is 23.6 Å². The van der Waals surface area contributed by atoms with Gasteiger partial charge >= 0.3 is 5.95 Å². The SMILES string of the molecule is O=[N+]([O-])c1ncn(CCCCNS(=O)(=O)c2sccc2Cl)n1. The lowest BCUT2D eigenvalue weighted by Gasteiger charge is -2.04. The van der Waals surface area contributed by atoms with Gasteiger partial charge in [0, 0.05) is 11.6 Å². The van der Waals surface area contributed by atoms with Crippen LogP contribution in [0.15, 0.2) is 22.0 Å². The van der Waals surface area contributed by atoms with Crippen molar-refractivity contribution >= 4 is 38.9 Å². The molecule has 0 radical (unpaired) electrons. The van der Waals surface area contributed by atoms with Gasteiger partial charge in [0.1, 0.15) is 0 Å². The average molecular weight is 366 g/mol. The molecule has 0 amide bonds. The van der Waals surface area contributed by atoms with E-state index < -0.39 is 20.9 Å². The minimum atomic E-state index is -3.59. The van der Waals surface area contributed by atoms with E-state index in [2.05, 4.69) is 14.8 Å². The topological polar surface area (TPSA) is 120 Å². The van der Waals surface area contributed by atoms with Crippen molar-refractivity contribution in [3.05, 3.63) is 32.9 Å². The molecule has 0 atom stereocenters. The Labute approximate surface area is 135 Å². The van der Waals surface area contributed by atoms with Crippen LogP contribution in [0.2, 0.25) is 5.02 Å². The van der Waals surface area contributed by atoms with E-state index in [1.54, 1.807) is 5.38 Å². The minimum Gasteiger partial charge on any atom is -0.390 e. The second kappa shape index (κ2) is 7.13. The third-order valence-electron chi connectivity index (χ3n) is 2.62. The van der Waals surface area contributed by atoms with Gasteiger partial charge in [0.25, 0.3) is 10.0 Å². The molecule has 0 aliphatic carbocycles. The lowest BCUT2D eigenvalue weighted by molar-refractivity contribution is -0.394. The molecule has 0 bridgehead atoms. The van der Waals surface area contributed by atoms with Crippen LogP contribution in [0, 0.1) is 10.1 Å². The lowest BCUT2D eigenvalue weighted by Crippen LogP contribution is -2.24. The quantitative estimate of drug-likeness (QED) is 0.431. The van der Waals surface area contributed by atoms with Crippen LogP contribution in [0.4, 0.5) is 5.95 Å². The molecular weight excluding hydrogens is 354 g/mol. The first-order valence-corrected chi connectivity index (χ1v) is 8.91. The van der Waals surface area contributed by atoms with E-state index in [1.807, 2.05) is 0 Å². The van der Waals surface area contributed by atoms with Crippen LogP contribution in [0.3, 0.4) is 0 Å². The molecule has 1 N–H and O–H groups in total. The standard InChI is InChI=1S/C10H12ClN5O4S2/c11-8-3-6-21-9(8)22(19,20)13-4-1-2-5-15-7-12-10(14-15)16(17)18/h3,6-7,13H,1-2,4-5H2. The summed E-state index contributed by atoms with van der Waals surface area (Å²) in [5.74, 6) is -0.451. The third kappa shape index (κ3) is 4.22. The van der Waals surface area contributed by atoms with E-state index in [4.69, 9.17) is 11.6 Å². The summed E-state index contributed by atoms with van der Waals surface area (Å²) in [4.78, 5) is 13.3. The number of hydrogen-bond acceptors (Lipinski definition) is 7. The molecule has 9 nitrogen and oxygen atoms in total. The molecule has 2 aromatic rings. The summed E-state index contributed by atoms with van der Waals surface area (Å²) >= 11 is 6.84. The number of hydrogen-bond donors (Lipinski definition) is 1. The summed E-state index contributed by atoms with van der Waals surface area (Å²) in [7, 11) is -3.59. The van der Waals surface area contributed by atoms with Gasteiger partial charge in [0.2, 0.25) is 6.33 Å². The number of rotatable bonds is 8. The first kappa shape index (κ1) is 16.8. The van der Waals surface area contributed by atoms with E-state index >= 15 is 0 Å². The zero-order chi connectivity index (χ0) is 16.2. The number of halogens is 1. The van der Waals surface area contributed by atoms with Crippen LogP contribution in [-0.4, -0.2) is 34.7 Å². The first-order valence-electron chi connectivity index (χ1n) is 6.16. The Morgan fingerprint density at radius 1 is 1.45 bits per heavy atom. The fourth-order valence-corrected chi connectivity index (χ4v) is 4.42. The summed E-state index contributed by atoms with van der Waals surface area (Å²) in [5, 5.41) is 15.9. The number of unbranched alkanes of at least 4 members (excludes halogenated alkanes) is 1. The van der Waals surface area contributed by atoms with Gasteiger partial charge in [-0.1, -0.05) is 16.6 Å². The predicted octanol–water partition coefficient (Wildman–Crippen LogP) is 1.66. The Morgan fingerprint density at radius 3 is 2.82 bits per heavy atom. The molecule has 2 heterocycles. The maximum atomic E-state index is 11.9. The zero-order valence-corrected chi connectivity index (χ0v) is 13.6. The summed E-state index contributed by atoms with van der Waals surface area (Å²) in [5.41, 5.74) is 0. The minimum absolute atomic E-state index is 0.0982. The Balaban J connectivity index is 1.75. The first-order chi connectivity index (χ1) is 10.4. The molecular formula is C10H12ClN5O4S2. The maximum absolute atomic E-state index is 11.9. The van der Waals surface area contributed by atoms with Crippen molar-refractivity contribution < 1.29 is 13.3 Å². The number of aromatic nitrogens is 3. The number of nitrogens with zero attached hydrogens (tertiary/aromatic N) is 4. The van der Waals surface area contributed by atoms with Crippen LogP contribution in [-0.2, 0) is 16.6 Å². The number of sulfonamides is 1. The number of nitro groups is 1. The largest absolute Gasteiger partial charge is 0.490 e. The molecule has 0 aromatic carbocycles. The van der Waals surface area contributed by atoms with Crippen LogP contribution < -0.4 is 4.72 Å². The third-order valence-corrected chi connectivity index (χ3v) is 6.11. The van der Waals surface area contributed by atoms with Gasteiger partial charge in [-0.15, -0.1) is 11.3 Å². The van der Waals surface area contributed by atoms with Gasteiger partial charge in [-0.25, -0.2) is 13.1 Å². The molecule has 0 aliphatic heterocycles. The van der Waals surface area contributed by atoms with Crippen molar-refractivity contribution in [3.8, 4) is 0 Å². The van der Waals surface area contributed by atoms with Gasteiger partial charge in [0.15, 0.2) is 4.21 Å². The van der Waals surface area contributed by atoms with E-state index in [0.29, 0.717) is 19.4 Å². The number of nitrogens with one attached hydrogen (secondary N) is 1. The zero-order valence-electron chi connectivity index (χ0n) is 11.2. The number of thiophene rings is 1. The highest BCUT2D eigenvalue weighted by molar-refractivity contribution is 7.91. The van der Waals surface area contributed by atoms with Crippen molar-refractivity contribution in [3.63, 3.8) is 0 Å². The van der Waals surface area contributed by atoms with Gasteiger partial charge in [-0.05, 0) is 29.2 Å². The molecule has 120 valence electrons. The summed E-state index contributed by atoms with van der Waals surface area (Å²) < 4.78 is 27.8. The average Bonchev–Trinajstić information content (AvgIpc) is 3.07. The summed E-state index contributed by atoms with van der Waals surface area (Å²) in [6, 6.07) is 1.53. The molecule has 0 unspecified atom stereocenters. The van der Waals surface area contributed by atoms with Gasteiger partial charge in [-0.3, -0.25) is 0 Å². The molecule has 22 heavy (non-hydrogen) atoms. The predicted molar refractivity (Wildman–Crippen MR) is 80.4 cm³/mol. The van der Waals surface area contributed by atoms with Crippen molar-refractivity contribution in [2.75, 3.05) is 6.54 Å². The summed E-state index contributed by atoms with van der Waals surface area (Å²) in [6.07, 6.45) is 2.42. The normalized spacial score (nSPS) is 11.7. The molecule has 0 aliphatic rings. The highest BCUT2D eigenvalue weighted by atomic mass is 35.5. The Kier molecular flexibility index (Phi) is 5.45. The molecule has 0 fully saturated rings. The fourth-order valence-electron chi connectivity index (χ4n) is 1.62. The number of aryl methyl sites for hydroxylation is 1. The van der Waals surface area contributed by atoms with Crippen LogP contribution in [0.5, 0.6) is 0 Å². The van der Waals surface area contributed by atoms with Crippen molar-refractivity contribution in [1.82, 2.24) is 19.5 Å². The molecule has 2 rings (SSSR count). The van der Waals surface area contributed by atoms with Gasteiger partial charge < -0.3 is 10.1 Å². The smallest absolute Gasteiger partial charge is 0.390 e. The highest BCUT2D eigenvalue weighted by Gasteiger charge is 2.18. The van der Waals surface area contributed by atoms with E-state index in [1.165, 1.54) is 17.1 Å². The Morgan fingerprint density at radius 2 is 2.23 bits per heavy atom. The van der Waals surface area contributed by atoms with Crippen molar-refractivity contribution in [1.29, 1.82) is 0 Å². The Bertz CT molecular complexity index is 757. The van der Waals surface area contributed by atoms with Gasteiger partial charge in [-0.2, -0.15) is 4.68 Å². The molecule has 0 saturated heterocycles. The maximum Gasteiger partial charge on any atom is 0.490 e. The van der Waals surface area contributed by atoms with E-state index in [0.717, 1.165) is 11.3 Å². The second-order valence-electron chi connectivity index (χ2n) is 4.23. The molecule has 0 saturated carbocycles. The molecule has 2 aromatic heterocycles.